The van der Waals surface area contributed by atoms with Gasteiger partial charge in [-0.2, -0.15) is 11.8 Å². The van der Waals surface area contributed by atoms with Gasteiger partial charge in [0.1, 0.15) is 0 Å². The molecule has 18 heavy (non-hydrogen) atoms. The normalized spacial score (nSPS) is 19.9. The Kier molecular flexibility index (Phi) is 3.41. The molecule has 1 atom stereocenters. The summed E-state index contributed by atoms with van der Waals surface area (Å²) in [4.78, 5) is 4.67. The molecule has 1 aromatic carbocycles. The van der Waals surface area contributed by atoms with Crippen LogP contribution in [0.2, 0.25) is 0 Å². The molecule has 1 N–H and O–H groups in total. The average molecular weight is 258 g/mol. The molecule has 0 radical (unpaired) electrons. The van der Waals surface area contributed by atoms with Crippen molar-refractivity contribution in [2.75, 3.05) is 16.8 Å². The number of nitrogens with zero attached hydrogens (tertiary/aromatic N) is 1. The van der Waals surface area contributed by atoms with E-state index in [1.54, 1.807) is 0 Å². The molecule has 1 aliphatic heterocycles. The molecule has 1 saturated heterocycles. The highest BCUT2D eigenvalue weighted by atomic mass is 32.2. The predicted molar refractivity (Wildman–Crippen MR) is 80.4 cm³/mol. The molecule has 2 heterocycles. The lowest BCUT2D eigenvalue weighted by Crippen LogP contribution is -2.25. The van der Waals surface area contributed by atoms with E-state index in [2.05, 4.69) is 40.6 Å². The zero-order valence-electron chi connectivity index (χ0n) is 10.6. The van der Waals surface area contributed by atoms with Crippen LogP contribution in [0.3, 0.4) is 0 Å². The lowest BCUT2D eigenvalue weighted by atomic mass is 10.1. The van der Waals surface area contributed by atoms with Crippen LogP contribution in [0.5, 0.6) is 0 Å². The molecule has 1 aromatic heterocycles. The standard InChI is InChI=1S/C15H18N2S/c1-11-7-8-12-4-2-6-14(15(12)16-11)17-13-5-3-9-18-10-13/h2,4,6-8,13,17H,3,5,9-10H2,1H3. The van der Waals surface area contributed by atoms with Crippen molar-refractivity contribution in [3.8, 4) is 0 Å². The third-order valence-corrected chi connectivity index (χ3v) is 4.59. The maximum absolute atomic E-state index is 4.67. The molecule has 94 valence electrons. The molecule has 0 saturated carbocycles. The molecular formula is C15H18N2S. The zero-order chi connectivity index (χ0) is 12.4. The molecule has 1 unspecified atom stereocenters. The highest BCUT2D eigenvalue weighted by Crippen LogP contribution is 2.25. The molecule has 2 aromatic rings. The number of benzene rings is 1. The second kappa shape index (κ2) is 5.19. The third kappa shape index (κ3) is 2.46. The van der Waals surface area contributed by atoms with Crippen molar-refractivity contribution in [1.29, 1.82) is 0 Å². The van der Waals surface area contributed by atoms with E-state index in [4.69, 9.17) is 0 Å². The van der Waals surface area contributed by atoms with Crippen LogP contribution >= 0.6 is 11.8 Å². The number of hydrogen-bond acceptors (Lipinski definition) is 3. The molecule has 1 fully saturated rings. The first-order valence-corrected chi connectivity index (χ1v) is 7.69. The number of aryl methyl sites for hydroxylation is 1. The number of anilines is 1. The Labute approximate surface area is 112 Å². The minimum absolute atomic E-state index is 0.594. The lowest BCUT2D eigenvalue weighted by Gasteiger charge is -2.24. The maximum atomic E-state index is 4.67. The van der Waals surface area contributed by atoms with Gasteiger partial charge in [0.05, 0.1) is 11.2 Å². The molecule has 3 rings (SSSR count). The second-order valence-electron chi connectivity index (χ2n) is 4.89. The molecular weight excluding hydrogens is 240 g/mol. The van der Waals surface area contributed by atoms with Crippen LogP contribution in [0.15, 0.2) is 30.3 Å². The van der Waals surface area contributed by atoms with Crippen molar-refractivity contribution >= 4 is 28.4 Å². The molecule has 2 nitrogen and oxygen atoms in total. The highest BCUT2D eigenvalue weighted by molar-refractivity contribution is 7.99. The first-order chi connectivity index (χ1) is 8.83. The van der Waals surface area contributed by atoms with Crippen LogP contribution < -0.4 is 5.32 Å². The Morgan fingerprint density at radius 3 is 3.06 bits per heavy atom. The number of thioether (sulfide) groups is 1. The minimum Gasteiger partial charge on any atom is -0.380 e. The monoisotopic (exact) mass is 258 g/mol. The first kappa shape index (κ1) is 11.8. The van der Waals surface area contributed by atoms with Gasteiger partial charge in [-0.3, -0.25) is 4.98 Å². The first-order valence-electron chi connectivity index (χ1n) is 6.53. The van der Waals surface area contributed by atoms with E-state index in [-0.39, 0.29) is 0 Å². The molecule has 0 bridgehead atoms. The Bertz CT molecular complexity index is 547. The summed E-state index contributed by atoms with van der Waals surface area (Å²) in [5.41, 5.74) is 3.37. The summed E-state index contributed by atoms with van der Waals surface area (Å²) in [5, 5.41) is 4.88. The fourth-order valence-electron chi connectivity index (χ4n) is 2.44. The van der Waals surface area contributed by atoms with Gasteiger partial charge >= 0.3 is 0 Å². The number of nitrogens with one attached hydrogen (secondary N) is 1. The summed E-state index contributed by atoms with van der Waals surface area (Å²) in [6, 6.07) is 11.2. The minimum atomic E-state index is 0.594. The van der Waals surface area contributed by atoms with E-state index < -0.39 is 0 Å². The van der Waals surface area contributed by atoms with Gasteiger partial charge in [0.25, 0.3) is 0 Å². The molecule has 0 spiro atoms. The summed E-state index contributed by atoms with van der Waals surface area (Å²) in [6.07, 6.45) is 2.59. The maximum Gasteiger partial charge on any atom is 0.0936 e. The number of rotatable bonds is 2. The molecule has 0 amide bonds. The quantitative estimate of drug-likeness (QED) is 0.885. The second-order valence-corrected chi connectivity index (χ2v) is 6.04. The van der Waals surface area contributed by atoms with E-state index >= 15 is 0 Å². The van der Waals surface area contributed by atoms with Crippen LogP contribution in [-0.2, 0) is 0 Å². The van der Waals surface area contributed by atoms with Gasteiger partial charge < -0.3 is 5.32 Å². The van der Waals surface area contributed by atoms with Gasteiger partial charge in [0.15, 0.2) is 0 Å². The fourth-order valence-corrected chi connectivity index (χ4v) is 3.51. The van der Waals surface area contributed by atoms with Gasteiger partial charge in [-0.15, -0.1) is 0 Å². The summed E-state index contributed by atoms with van der Waals surface area (Å²) >= 11 is 2.05. The van der Waals surface area contributed by atoms with Gasteiger partial charge in [-0.1, -0.05) is 18.2 Å². The van der Waals surface area contributed by atoms with Gasteiger partial charge in [0.2, 0.25) is 0 Å². The van der Waals surface area contributed by atoms with E-state index in [0.717, 1.165) is 11.2 Å². The number of pyridine rings is 1. The molecule has 3 heteroatoms. The van der Waals surface area contributed by atoms with Crippen LogP contribution in [0.25, 0.3) is 10.9 Å². The van der Waals surface area contributed by atoms with E-state index in [0.29, 0.717) is 6.04 Å². The Morgan fingerprint density at radius 1 is 1.28 bits per heavy atom. The van der Waals surface area contributed by atoms with Crippen molar-refractivity contribution < 1.29 is 0 Å². The van der Waals surface area contributed by atoms with Crippen LogP contribution in [0, 0.1) is 6.92 Å². The smallest absolute Gasteiger partial charge is 0.0936 e. The van der Waals surface area contributed by atoms with Gasteiger partial charge in [-0.25, -0.2) is 0 Å². The Hall–Kier alpha value is -1.22. The summed E-state index contributed by atoms with van der Waals surface area (Å²) in [7, 11) is 0. The molecule has 1 aliphatic rings. The Balaban J connectivity index is 1.92. The Morgan fingerprint density at radius 2 is 2.22 bits per heavy atom. The number of hydrogen-bond donors (Lipinski definition) is 1. The van der Waals surface area contributed by atoms with Crippen LogP contribution in [0.4, 0.5) is 5.69 Å². The fraction of sp³-hybridized carbons (Fsp3) is 0.400. The SMILES string of the molecule is Cc1ccc2cccc(NC3CCCSC3)c2n1. The third-order valence-electron chi connectivity index (χ3n) is 3.38. The van der Waals surface area contributed by atoms with Crippen LogP contribution in [0.1, 0.15) is 18.5 Å². The van der Waals surface area contributed by atoms with Crippen molar-refractivity contribution in [1.82, 2.24) is 4.98 Å². The van der Waals surface area contributed by atoms with Crippen molar-refractivity contribution in [3.63, 3.8) is 0 Å². The molecule has 0 aliphatic carbocycles. The number of para-hydroxylation sites is 1. The number of fused-ring (bicyclic) bond motifs is 1. The lowest BCUT2D eigenvalue weighted by molar-refractivity contribution is 0.685. The van der Waals surface area contributed by atoms with Crippen molar-refractivity contribution in [2.24, 2.45) is 0 Å². The van der Waals surface area contributed by atoms with Gasteiger partial charge in [0, 0.05) is 22.9 Å². The van der Waals surface area contributed by atoms with Crippen molar-refractivity contribution in [3.05, 3.63) is 36.0 Å². The average Bonchev–Trinajstić information content (AvgIpc) is 2.41. The highest BCUT2D eigenvalue weighted by Gasteiger charge is 2.14. The predicted octanol–water partition coefficient (Wildman–Crippen LogP) is 3.85. The topological polar surface area (TPSA) is 24.9 Å². The van der Waals surface area contributed by atoms with E-state index in [1.165, 1.54) is 35.4 Å². The number of aromatic nitrogens is 1. The summed E-state index contributed by atoms with van der Waals surface area (Å²) in [6.45, 7) is 2.05. The zero-order valence-corrected chi connectivity index (χ0v) is 11.5. The van der Waals surface area contributed by atoms with Crippen LogP contribution in [-0.4, -0.2) is 22.5 Å². The summed E-state index contributed by atoms with van der Waals surface area (Å²) < 4.78 is 0. The van der Waals surface area contributed by atoms with Gasteiger partial charge in [-0.05, 0) is 37.7 Å². The van der Waals surface area contributed by atoms with Crippen molar-refractivity contribution in [2.45, 2.75) is 25.8 Å². The van der Waals surface area contributed by atoms with E-state index in [1.807, 2.05) is 18.7 Å². The summed E-state index contributed by atoms with van der Waals surface area (Å²) in [5.74, 6) is 2.52. The largest absolute Gasteiger partial charge is 0.380 e. The van der Waals surface area contributed by atoms with E-state index in [9.17, 15) is 0 Å².